The second-order valence-electron chi connectivity index (χ2n) is 3.14. The van der Waals surface area contributed by atoms with E-state index in [-0.39, 0.29) is 0 Å². The van der Waals surface area contributed by atoms with E-state index in [9.17, 15) is 0 Å². The molecule has 4 heteroatoms. The molecule has 3 nitrogen and oxygen atoms in total. The summed E-state index contributed by atoms with van der Waals surface area (Å²) in [7, 11) is 0. The van der Waals surface area contributed by atoms with Crippen molar-refractivity contribution in [3.8, 4) is 0 Å². The van der Waals surface area contributed by atoms with Crippen molar-refractivity contribution >= 4 is 17.0 Å². The van der Waals surface area contributed by atoms with E-state index in [1.165, 1.54) is 5.56 Å². The van der Waals surface area contributed by atoms with Gasteiger partial charge in [0.25, 0.3) is 0 Å². The lowest BCUT2D eigenvalue weighted by Crippen LogP contribution is -1.90. The predicted molar refractivity (Wildman–Crippen MR) is 58.3 cm³/mol. The second-order valence-corrected chi connectivity index (χ2v) is 4.40. The van der Waals surface area contributed by atoms with Crippen LogP contribution in [0.15, 0.2) is 24.3 Å². The normalized spacial score (nSPS) is 10.4. The molecule has 1 aromatic heterocycles. The van der Waals surface area contributed by atoms with E-state index < -0.39 is 0 Å². The molecular weight excluding hydrogens is 194 g/mol. The molecule has 0 unspecified atom stereocenters. The molecule has 2 aromatic rings. The summed E-state index contributed by atoms with van der Waals surface area (Å²) in [6.07, 6.45) is 0.816. The van der Waals surface area contributed by atoms with Crippen LogP contribution < -0.4 is 5.73 Å². The van der Waals surface area contributed by atoms with E-state index in [0.717, 1.165) is 22.1 Å². The number of hydrogen-bond donors (Lipinski definition) is 1. The third kappa shape index (κ3) is 2.09. The summed E-state index contributed by atoms with van der Waals surface area (Å²) in [5, 5.41) is 10.1. The van der Waals surface area contributed by atoms with E-state index in [1.807, 2.05) is 31.2 Å². The summed E-state index contributed by atoms with van der Waals surface area (Å²) in [6.45, 7) is 1.96. The second kappa shape index (κ2) is 3.75. The average molecular weight is 205 g/mol. The van der Waals surface area contributed by atoms with E-state index in [4.69, 9.17) is 5.73 Å². The van der Waals surface area contributed by atoms with Crippen LogP contribution in [0.1, 0.15) is 15.6 Å². The molecule has 0 saturated heterocycles. The molecule has 0 amide bonds. The number of benzene rings is 1. The predicted octanol–water partition coefficient (Wildman–Crippen LogP) is 2.02. The molecule has 2 N–H and O–H groups in total. The summed E-state index contributed by atoms with van der Waals surface area (Å²) in [5.74, 6) is 0. The van der Waals surface area contributed by atoms with Gasteiger partial charge in [-0.3, -0.25) is 0 Å². The van der Waals surface area contributed by atoms with Crippen molar-refractivity contribution in [3.63, 3.8) is 0 Å². The molecule has 1 heterocycles. The highest BCUT2D eigenvalue weighted by molar-refractivity contribution is 7.11. The fourth-order valence-corrected chi connectivity index (χ4v) is 2.03. The molecule has 0 atom stereocenters. The van der Waals surface area contributed by atoms with Crippen LogP contribution in [0.3, 0.4) is 0 Å². The Morgan fingerprint density at radius 2 is 2.21 bits per heavy atom. The number of rotatable bonds is 2. The Bertz CT molecular complexity index is 436. The summed E-state index contributed by atoms with van der Waals surface area (Å²) in [6, 6.07) is 7.86. The van der Waals surface area contributed by atoms with Crippen LogP contribution in [0, 0.1) is 6.92 Å². The third-order valence-corrected chi connectivity index (χ3v) is 2.71. The molecule has 0 radical (unpaired) electrons. The Morgan fingerprint density at radius 1 is 1.36 bits per heavy atom. The fourth-order valence-electron chi connectivity index (χ4n) is 1.29. The first kappa shape index (κ1) is 9.15. The van der Waals surface area contributed by atoms with Crippen molar-refractivity contribution in [1.82, 2.24) is 10.2 Å². The zero-order valence-corrected chi connectivity index (χ0v) is 8.71. The lowest BCUT2D eigenvalue weighted by atomic mass is 10.1. The van der Waals surface area contributed by atoms with Gasteiger partial charge in [-0.05, 0) is 24.6 Å². The number of aryl methyl sites for hydroxylation is 1. The molecule has 0 aliphatic heterocycles. The molecule has 14 heavy (non-hydrogen) atoms. The summed E-state index contributed by atoms with van der Waals surface area (Å²) < 4.78 is 0. The quantitative estimate of drug-likeness (QED) is 0.763. The molecule has 0 bridgehead atoms. The molecule has 0 fully saturated rings. The number of aromatic nitrogens is 2. The van der Waals surface area contributed by atoms with Crippen molar-refractivity contribution < 1.29 is 0 Å². The Kier molecular flexibility index (Phi) is 2.45. The van der Waals surface area contributed by atoms with Crippen molar-refractivity contribution in [2.75, 3.05) is 5.73 Å². The molecule has 1 aromatic carbocycles. The number of anilines is 1. The van der Waals surface area contributed by atoms with Crippen LogP contribution in [0.5, 0.6) is 0 Å². The average Bonchev–Trinajstić information content (AvgIpc) is 2.51. The standard InChI is InChI=1S/C10H11N3S/c1-7-12-13-10(14-7)6-8-3-2-4-9(11)5-8/h2-5H,6,11H2,1H3. The van der Waals surface area contributed by atoms with Gasteiger partial charge < -0.3 is 5.73 Å². The first-order chi connectivity index (χ1) is 6.74. The minimum Gasteiger partial charge on any atom is -0.399 e. The number of nitrogen functional groups attached to an aromatic ring is 1. The van der Waals surface area contributed by atoms with Gasteiger partial charge in [0.15, 0.2) is 0 Å². The highest BCUT2D eigenvalue weighted by Crippen LogP contribution is 2.15. The zero-order chi connectivity index (χ0) is 9.97. The van der Waals surface area contributed by atoms with Gasteiger partial charge >= 0.3 is 0 Å². The molecule has 0 saturated carbocycles. The van der Waals surface area contributed by atoms with Crippen LogP contribution in [-0.4, -0.2) is 10.2 Å². The number of nitrogens with zero attached hydrogens (tertiary/aromatic N) is 2. The maximum absolute atomic E-state index is 5.68. The molecule has 0 aliphatic carbocycles. The van der Waals surface area contributed by atoms with E-state index in [1.54, 1.807) is 11.3 Å². The number of hydrogen-bond acceptors (Lipinski definition) is 4. The van der Waals surface area contributed by atoms with Crippen LogP contribution in [-0.2, 0) is 6.42 Å². The first-order valence-corrected chi connectivity index (χ1v) is 5.19. The molecule has 0 aliphatic rings. The van der Waals surface area contributed by atoms with Gasteiger partial charge in [-0.25, -0.2) is 0 Å². The van der Waals surface area contributed by atoms with E-state index in [0.29, 0.717) is 0 Å². The van der Waals surface area contributed by atoms with Crippen molar-refractivity contribution in [2.45, 2.75) is 13.3 Å². The van der Waals surface area contributed by atoms with Gasteiger partial charge in [0, 0.05) is 12.1 Å². The van der Waals surface area contributed by atoms with Crippen LogP contribution in [0.2, 0.25) is 0 Å². The lowest BCUT2D eigenvalue weighted by Gasteiger charge is -1.98. The Hall–Kier alpha value is -1.42. The van der Waals surface area contributed by atoms with E-state index in [2.05, 4.69) is 10.2 Å². The topological polar surface area (TPSA) is 51.8 Å². The Labute approximate surface area is 86.6 Å². The van der Waals surface area contributed by atoms with Gasteiger partial charge in [-0.1, -0.05) is 12.1 Å². The first-order valence-electron chi connectivity index (χ1n) is 4.37. The maximum atomic E-state index is 5.68. The van der Waals surface area contributed by atoms with Crippen LogP contribution in [0.25, 0.3) is 0 Å². The Morgan fingerprint density at radius 3 is 2.86 bits per heavy atom. The van der Waals surface area contributed by atoms with Gasteiger partial charge in [0.1, 0.15) is 10.0 Å². The molecule has 2 rings (SSSR count). The molecular formula is C10H11N3S. The smallest absolute Gasteiger partial charge is 0.121 e. The monoisotopic (exact) mass is 205 g/mol. The van der Waals surface area contributed by atoms with Crippen LogP contribution >= 0.6 is 11.3 Å². The SMILES string of the molecule is Cc1nnc(Cc2cccc(N)c2)s1. The number of nitrogens with two attached hydrogens (primary N) is 1. The summed E-state index contributed by atoms with van der Waals surface area (Å²) in [4.78, 5) is 0. The van der Waals surface area contributed by atoms with Crippen molar-refractivity contribution in [2.24, 2.45) is 0 Å². The minimum atomic E-state index is 0.795. The van der Waals surface area contributed by atoms with E-state index >= 15 is 0 Å². The van der Waals surface area contributed by atoms with Crippen molar-refractivity contribution in [3.05, 3.63) is 39.8 Å². The zero-order valence-electron chi connectivity index (χ0n) is 7.90. The summed E-state index contributed by atoms with van der Waals surface area (Å²) >= 11 is 1.63. The highest BCUT2D eigenvalue weighted by atomic mass is 32.1. The van der Waals surface area contributed by atoms with Crippen LogP contribution in [0.4, 0.5) is 5.69 Å². The molecule has 72 valence electrons. The minimum absolute atomic E-state index is 0.795. The van der Waals surface area contributed by atoms with Crippen molar-refractivity contribution in [1.29, 1.82) is 0 Å². The van der Waals surface area contributed by atoms with Gasteiger partial charge in [0.2, 0.25) is 0 Å². The highest BCUT2D eigenvalue weighted by Gasteiger charge is 2.01. The largest absolute Gasteiger partial charge is 0.399 e. The molecule has 0 spiro atoms. The van der Waals surface area contributed by atoms with Gasteiger partial charge in [-0.15, -0.1) is 21.5 Å². The maximum Gasteiger partial charge on any atom is 0.121 e. The fraction of sp³-hybridized carbons (Fsp3) is 0.200. The van der Waals surface area contributed by atoms with Gasteiger partial charge in [0.05, 0.1) is 0 Å². The third-order valence-electron chi connectivity index (χ3n) is 1.87. The lowest BCUT2D eigenvalue weighted by molar-refractivity contribution is 0.982. The summed E-state index contributed by atoms with van der Waals surface area (Å²) in [5.41, 5.74) is 7.66. The Balaban J connectivity index is 2.18. The van der Waals surface area contributed by atoms with Gasteiger partial charge in [-0.2, -0.15) is 0 Å².